The highest BCUT2D eigenvalue weighted by atomic mass is 127. The summed E-state index contributed by atoms with van der Waals surface area (Å²) in [6.45, 7) is 0. The molecule has 1 aromatic rings. The number of hydrogen-bond donors (Lipinski definition) is 0. The quantitative estimate of drug-likeness (QED) is 0.494. The maximum atomic E-state index is 11.7. The zero-order valence-electron chi connectivity index (χ0n) is 9.66. The number of aryl methyl sites for hydroxylation is 1. The molecule has 0 aromatic carbocycles. The van der Waals surface area contributed by atoms with Crippen LogP contribution < -0.4 is 28.5 Å². The van der Waals surface area contributed by atoms with Crippen LogP contribution in [0.4, 0.5) is 0 Å². The largest absolute Gasteiger partial charge is 1.00 e. The predicted octanol–water partition coefficient (Wildman–Crippen LogP) is -1.18. The van der Waals surface area contributed by atoms with E-state index in [2.05, 4.69) is 12.1 Å². The minimum atomic E-state index is 0. The van der Waals surface area contributed by atoms with E-state index >= 15 is 0 Å². The van der Waals surface area contributed by atoms with Crippen molar-refractivity contribution in [1.82, 2.24) is 0 Å². The number of nitrogens with zero attached hydrogens (tertiary/aromatic N) is 1. The van der Waals surface area contributed by atoms with Gasteiger partial charge in [-0.15, -0.1) is 0 Å². The second kappa shape index (κ2) is 6.33. The summed E-state index contributed by atoms with van der Waals surface area (Å²) in [6, 6.07) is 4.23. The smallest absolute Gasteiger partial charge is 0.168 e. The van der Waals surface area contributed by atoms with E-state index in [1.54, 1.807) is 0 Å². The Morgan fingerprint density at radius 1 is 1.31 bits per heavy atom. The normalized spacial score (nSPS) is 20.3. The van der Waals surface area contributed by atoms with Crippen LogP contribution in [0.1, 0.15) is 31.2 Å². The van der Waals surface area contributed by atoms with Gasteiger partial charge >= 0.3 is 0 Å². The Labute approximate surface area is 114 Å². The van der Waals surface area contributed by atoms with Crippen LogP contribution in [0.2, 0.25) is 0 Å². The van der Waals surface area contributed by atoms with Gasteiger partial charge in [0.25, 0.3) is 0 Å². The van der Waals surface area contributed by atoms with Crippen LogP contribution in [-0.4, -0.2) is 5.78 Å². The number of Topliss-reactive ketones (excluding diaryl/α,β-unsaturated/α-hetero) is 1. The van der Waals surface area contributed by atoms with Crippen LogP contribution in [0.5, 0.6) is 0 Å². The fourth-order valence-corrected chi connectivity index (χ4v) is 2.22. The maximum Gasteiger partial charge on any atom is 0.168 e. The number of halogens is 1. The van der Waals surface area contributed by atoms with Gasteiger partial charge in [-0.1, -0.05) is 6.42 Å². The summed E-state index contributed by atoms with van der Waals surface area (Å²) in [5.74, 6) is 0.751. The molecule has 1 saturated carbocycles. The second-order valence-corrected chi connectivity index (χ2v) is 4.49. The highest BCUT2D eigenvalue weighted by Gasteiger charge is 2.22. The molecule has 0 amide bonds. The van der Waals surface area contributed by atoms with E-state index in [0.717, 1.165) is 25.7 Å². The van der Waals surface area contributed by atoms with E-state index in [9.17, 15) is 4.79 Å². The van der Waals surface area contributed by atoms with Crippen molar-refractivity contribution in [1.29, 1.82) is 0 Å². The maximum absolute atomic E-state index is 11.7. The highest BCUT2D eigenvalue weighted by molar-refractivity contribution is 5.81. The first-order valence-corrected chi connectivity index (χ1v) is 5.72. The summed E-state index contributed by atoms with van der Waals surface area (Å²) in [5.41, 5.74) is 1.29. The van der Waals surface area contributed by atoms with Crippen molar-refractivity contribution in [2.45, 2.75) is 32.1 Å². The monoisotopic (exact) mass is 331 g/mol. The van der Waals surface area contributed by atoms with Crippen LogP contribution in [0.25, 0.3) is 0 Å². The summed E-state index contributed by atoms with van der Waals surface area (Å²) in [4.78, 5) is 11.7. The zero-order valence-corrected chi connectivity index (χ0v) is 11.8. The Hall–Kier alpha value is -0.450. The van der Waals surface area contributed by atoms with Crippen molar-refractivity contribution in [2.75, 3.05) is 0 Å². The molecule has 1 unspecified atom stereocenters. The van der Waals surface area contributed by atoms with Crippen molar-refractivity contribution < 1.29 is 33.3 Å². The minimum absolute atomic E-state index is 0. The summed E-state index contributed by atoms with van der Waals surface area (Å²) in [5, 5.41) is 0. The molecule has 2 rings (SSSR count). The van der Waals surface area contributed by atoms with Gasteiger partial charge < -0.3 is 24.0 Å². The van der Waals surface area contributed by atoms with Crippen molar-refractivity contribution in [3.63, 3.8) is 0 Å². The lowest BCUT2D eigenvalue weighted by Crippen LogP contribution is -3.00. The topological polar surface area (TPSA) is 20.9 Å². The average Bonchev–Trinajstić information content (AvgIpc) is 2.25. The van der Waals surface area contributed by atoms with Gasteiger partial charge in [-0.05, 0) is 24.8 Å². The third-order valence-corrected chi connectivity index (χ3v) is 3.21. The number of aromatic nitrogens is 1. The summed E-state index contributed by atoms with van der Waals surface area (Å²) in [7, 11) is 2.01. The lowest BCUT2D eigenvalue weighted by Gasteiger charge is -2.19. The number of carbonyl (C=O) groups excluding carboxylic acids is 1. The first-order chi connectivity index (χ1) is 7.25. The molecule has 1 heterocycles. The van der Waals surface area contributed by atoms with Crippen LogP contribution in [0.15, 0.2) is 24.5 Å². The van der Waals surface area contributed by atoms with Gasteiger partial charge in [-0.2, -0.15) is 0 Å². The SMILES string of the molecule is C[n+]1ccc(CC2CCCCC2=O)cc1.[I-]. The molecule has 88 valence electrons. The lowest BCUT2D eigenvalue weighted by molar-refractivity contribution is -0.671. The third-order valence-electron chi connectivity index (χ3n) is 3.21. The molecule has 3 heteroatoms. The molecule has 1 aromatic heterocycles. The number of rotatable bonds is 2. The minimum Gasteiger partial charge on any atom is -1.00 e. The molecule has 0 saturated heterocycles. The molecule has 0 N–H and O–H groups in total. The van der Waals surface area contributed by atoms with Crippen LogP contribution in [0, 0.1) is 5.92 Å². The van der Waals surface area contributed by atoms with Gasteiger partial charge in [0.05, 0.1) is 0 Å². The molecule has 16 heavy (non-hydrogen) atoms. The Balaban J connectivity index is 0.00000128. The Bertz CT molecular complexity index is 347. The van der Waals surface area contributed by atoms with Crippen LogP contribution >= 0.6 is 0 Å². The van der Waals surface area contributed by atoms with Gasteiger partial charge in [0.1, 0.15) is 12.8 Å². The van der Waals surface area contributed by atoms with Crippen molar-refractivity contribution in [3.8, 4) is 0 Å². The third kappa shape index (κ3) is 3.54. The lowest BCUT2D eigenvalue weighted by atomic mass is 9.84. The first-order valence-electron chi connectivity index (χ1n) is 5.72. The predicted molar refractivity (Wildman–Crippen MR) is 58.3 cm³/mol. The van der Waals surface area contributed by atoms with Crippen molar-refractivity contribution in [2.24, 2.45) is 13.0 Å². The molecule has 0 spiro atoms. The molecule has 1 aliphatic carbocycles. The summed E-state index contributed by atoms with van der Waals surface area (Å²) < 4.78 is 2.02. The number of hydrogen-bond acceptors (Lipinski definition) is 1. The number of ketones is 1. The molecule has 1 fully saturated rings. The van der Waals surface area contributed by atoms with Gasteiger partial charge in [0.2, 0.25) is 0 Å². The molecule has 1 aliphatic rings. The van der Waals surface area contributed by atoms with Gasteiger partial charge in [0.15, 0.2) is 12.4 Å². The molecular formula is C13H18INO. The molecule has 0 radical (unpaired) electrons. The Kier molecular flexibility index (Phi) is 5.38. The molecule has 0 aliphatic heterocycles. The molecule has 1 atom stereocenters. The van der Waals surface area contributed by atoms with Crippen LogP contribution in [0.3, 0.4) is 0 Å². The molecular weight excluding hydrogens is 313 g/mol. The second-order valence-electron chi connectivity index (χ2n) is 4.49. The molecule has 0 bridgehead atoms. The van der Waals surface area contributed by atoms with Crippen molar-refractivity contribution in [3.05, 3.63) is 30.1 Å². The summed E-state index contributed by atoms with van der Waals surface area (Å²) in [6.07, 6.45) is 9.21. The Morgan fingerprint density at radius 3 is 2.62 bits per heavy atom. The van der Waals surface area contributed by atoms with E-state index in [0.29, 0.717) is 5.78 Å². The first kappa shape index (κ1) is 13.6. The van der Waals surface area contributed by atoms with Crippen molar-refractivity contribution >= 4 is 5.78 Å². The van der Waals surface area contributed by atoms with E-state index < -0.39 is 0 Å². The van der Waals surface area contributed by atoms with E-state index in [1.165, 1.54) is 12.0 Å². The van der Waals surface area contributed by atoms with E-state index in [4.69, 9.17) is 0 Å². The Morgan fingerprint density at radius 2 is 2.00 bits per heavy atom. The van der Waals surface area contributed by atoms with E-state index in [1.807, 2.05) is 24.0 Å². The number of pyridine rings is 1. The fraction of sp³-hybridized carbons (Fsp3) is 0.538. The molecule has 2 nitrogen and oxygen atoms in total. The number of carbonyl (C=O) groups is 1. The highest BCUT2D eigenvalue weighted by Crippen LogP contribution is 2.23. The standard InChI is InChI=1S/C13H18NO.HI/c1-14-8-6-11(7-9-14)10-12-4-2-3-5-13(12)15;/h6-9,12H,2-5,10H2,1H3;1H/q+1;/p-1. The summed E-state index contributed by atoms with van der Waals surface area (Å²) >= 11 is 0. The van der Waals surface area contributed by atoms with Gasteiger partial charge in [-0.25, -0.2) is 4.57 Å². The van der Waals surface area contributed by atoms with Gasteiger partial charge in [-0.3, -0.25) is 4.79 Å². The van der Waals surface area contributed by atoms with Gasteiger partial charge in [0, 0.05) is 24.5 Å². The average molecular weight is 331 g/mol. The fourth-order valence-electron chi connectivity index (χ4n) is 2.22. The van der Waals surface area contributed by atoms with E-state index in [-0.39, 0.29) is 29.9 Å². The van der Waals surface area contributed by atoms with Crippen LogP contribution in [-0.2, 0) is 18.3 Å². The zero-order chi connectivity index (χ0) is 10.7.